The third-order valence-electron chi connectivity index (χ3n) is 7.28. The van der Waals surface area contributed by atoms with E-state index in [9.17, 15) is 24.5 Å². The van der Waals surface area contributed by atoms with Crippen molar-refractivity contribution in [2.45, 2.75) is 96.5 Å². The Kier molecular flexibility index (Phi) is 12.1. The van der Waals surface area contributed by atoms with Crippen LogP contribution in [0.5, 0.6) is 0 Å². The van der Waals surface area contributed by atoms with E-state index in [1.165, 1.54) is 35.2 Å². The molecule has 1 aromatic rings. The van der Waals surface area contributed by atoms with Gasteiger partial charge in [-0.3, -0.25) is 10.1 Å². The molecule has 1 saturated heterocycles. The minimum atomic E-state index is -2.21. The van der Waals surface area contributed by atoms with Crippen LogP contribution in [0.4, 0.5) is 20.1 Å². The first kappa shape index (κ1) is 35.5. The number of hydrogen-bond donors (Lipinski definition) is 2. The van der Waals surface area contributed by atoms with E-state index < -0.39 is 49.2 Å². The van der Waals surface area contributed by atoms with Crippen LogP contribution < -0.4 is 10.6 Å². The number of alkyl carbamates (subject to hydrolysis) is 2. The Bertz CT molecular complexity index is 1150. The van der Waals surface area contributed by atoms with Gasteiger partial charge in [0.15, 0.2) is 8.32 Å². The van der Waals surface area contributed by atoms with Gasteiger partial charge in [0.05, 0.1) is 23.1 Å². The van der Waals surface area contributed by atoms with E-state index in [2.05, 4.69) is 51.1 Å². The molecular formula is C29H46N4O9Si. The maximum Gasteiger partial charge on any atom is 0.410 e. The Labute approximate surface area is 254 Å². The van der Waals surface area contributed by atoms with Crippen LogP contribution in [0.2, 0.25) is 18.1 Å². The smallest absolute Gasteiger partial charge is 0.410 e. The lowest BCUT2D eigenvalue weighted by Gasteiger charge is -2.38. The van der Waals surface area contributed by atoms with Gasteiger partial charge in [0.25, 0.3) is 5.69 Å². The summed E-state index contributed by atoms with van der Waals surface area (Å²) in [5.41, 5.74) is -0.278. The first-order valence-electron chi connectivity index (χ1n) is 14.2. The highest BCUT2D eigenvalue weighted by Crippen LogP contribution is 2.39. The van der Waals surface area contributed by atoms with Crippen molar-refractivity contribution in [3.63, 3.8) is 0 Å². The quantitative estimate of drug-likeness (QED) is 0.107. The number of carbonyl (C=O) groups is 3. The number of likely N-dealkylation sites (tertiary alicyclic amines) is 1. The second kappa shape index (κ2) is 14.7. The standard InChI is InChI=1S/C29H46N4O9Si/c1-10-15-39-26(35)31-23(17-30-25(34)40-19-20-11-13-21(14-12-20)33(37)38)24-16-22(42-43(8,9)29(5,6)7)18-32(24)27(36)41-28(2,3)4/h10-14,22-24H,1,15-19H2,2-9H3,(H,30,34)(H,31,35)/t22-,23?,24+/m1/s1. The molecule has 0 radical (unpaired) electrons. The number of non-ortho nitro benzene ring substituents is 1. The van der Waals surface area contributed by atoms with Crippen molar-refractivity contribution in [2.75, 3.05) is 19.7 Å². The van der Waals surface area contributed by atoms with Crippen LogP contribution in [0.1, 0.15) is 53.5 Å². The van der Waals surface area contributed by atoms with Crippen molar-refractivity contribution in [1.29, 1.82) is 0 Å². The third-order valence-corrected chi connectivity index (χ3v) is 11.8. The summed E-state index contributed by atoms with van der Waals surface area (Å²) in [6, 6.07) is 4.23. The number of hydrogen-bond acceptors (Lipinski definition) is 9. The summed E-state index contributed by atoms with van der Waals surface area (Å²) in [6.07, 6.45) is -0.595. The number of nitrogens with zero attached hydrogens (tertiary/aromatic N) is 2. The van der Waals surface area contributed by atoms with Gasteiger partial charge in [-0.25, -0.2) is 14.4 Å². The van der Waals surface area contributed by atoms with E-state index in [0.29, 0.717) is 12.0 Å². The van der Waals surface area contributed by atoms with Crippen LogP contribution in [0, 0.1) is 10.1 Å². The predicted molar refractivity (Wildman–Crippen MR) is 163 cm³/mol. The van der Waals surface area contributed by atoms with Crippen LogP contribution in [0.15, 0.2) is 36.9 Å². The van der Waals surface area contributed by atoms with Gasteiger partial charge in [-0.2, -0.15) is 0 Å². The van der Waals surface area contributed by atoms with E-state index >= 15 is 0 Å². The second-order valence-electron chi connectivity index (χ2n) is 13.0. The molecule has 1 heterocycles. The number of ether oxygens (including phenoxy) is 3. The van der Waals surface area contributed by atoms with Crippen LogP contribution in [0.3, 0.4) is 0 Å². The molecule has 1 aromatic carbocycles. The molecule has 2 N–H and O–H groups in total. The van der Waals surface area contributed by atoms with Gasteiger partial charge in [-0.1, -0.05) is 33.4 Å². The Morgan fingerprint density at radius 3 is 2.28 bits per heavy atom. The molecule has 13 nitrogen and oxygen atoms in total. The van der Waals surface area contributed by atoms with Crippen LogP contribution in [-0.4, -0.2) is 79.9 Å². The molecule has 1 unspecified atom stereocenters. The lowest BCUT2D eigenvalue weighted by molar-refractivity contribution is -0.384. The average molecular weight is 623 g/mol. The summed E-state index contributed by atoms with van der Waals surface area (Å²) in [6.45, 7) is 19.5. The normalized spacial score (nSPS) is 17.9. The zero-order valence-electron chi connectivity index (χ0n) is 26.4. The van der Waals surface area contributed by atoms with E-state index in [4.69, 9.17) is 18.6 Å². The highest BCUT2D eigenvalue weighted by Gasteiger charge is 2.47. The van der Waals surface area contributed by atoms with E-state index in [1.807, 2.05) is 0 Å². The molecule has 0 aliphatic carbocycles. The van der Waals surface area contributed by atoms with Gasteiger partial charge in [0.2, 0.25) is 0 Å². The fraction of sp³-hybridized carbons (Fsp3) is 0.621. The Morgan fingerprint density at radius 1 is 1.12 bits per heavy atom. The van der Waals surface area contributed by atoms with Crippen molar-refractivity contribution in [3.05, 3.63) is 52.6 Å². The van der Waals surface area contributed by atoms with Crippen LogP contribution in [-0.2, 0) is 25.2 Å². The SMILES string of the molecule is C=CCOC(=O)NC(CNC(=O)OCc1ccc([N+](=O)[O-])cc1)[C@@H]1C[C@@H](O[Si](C)(C)C(C)(C)C)CN1C(=O)OC(C)(C)C. The maximum absolute atomic E-state index is 13.4. The number of rotatable bonds is 11. The number of benzene rings is 1. The molecule has 0 saturated carbocycles. The number of carbonyl (C=O) groups excluding carboxylic acids is 3. The Morgan fingerprint density at radius 2 is 1.74 bits per heavy atom. The zero-order valence-corrected chi connectivity index (χ0v) is 27.4. The number of amides is 3. The summed E-state index contributed by atoms with van der Waals surface area (Å²) >= 11 is 0. The summed E-state index contributed by atoms with van der Waals surface area (Å²) in [7, 11) is -2.21. The molecule has 2 rings (SSSR count). The van der Waals surface area contributed by atoms with Gasteiger partial charge in [0.1, 0.15) is 18.8 Å². The minimum absolute atomic E-state index is 0.0270. The van der Waals surface area contributed by atoms with Gasteiger partial charge < -0.3 is 34.2 Å². The van der Waals surface area contributed by atoms with Crippen molar-refractivity contribution in [3.8, 4) is 0 Å². The molecule has 0 spiro atoms. The third kappa shape index (κ3) is 11.2. The molecule has 0 aromatic heterocycles. The lowest BCUT2D eigenvalue weighted by atomic mass is 10.0. The fourth-order valence-electron chi connectivity index (χ4n) is 4.13. The minimum Gasteiger partial charge on any atom is -0.445 e. The number of nitro groups is 1. The van der Waals surface area contributed by atoms with Gasteiger partial charge in [-0.15, -0.1) is 0 Å². The molecule has 43 heavy (non-hydrogen) atoms. The van der Waals surface area contributed by atoms with Gasteiger partial charge in [0, 0.05) is 25.2 Å². The summed E-state index contributed by atoms with van der Waals surface area (Å²) in [4.78, 5) is 50.5. The van der Waals surface area contributed by atoms with Gasteiger partial charge in [-0.05, 0) is 63.0 Å². The summed E-state index contributed by atoms with van der Waals surface area (Å²) < 4.78 is 22.7. The lowest BCUT2D eigenvalue weighted by Crippen LogP contribution is -2.56. The molecule has 0 bridgehead atoms. The molecule has 3 amide bonds. The summed E-state index contributed by atoms with van der Waals surface area (Å²) in [5.74, 6) is 0. The maximum atomic E-state index is 13.4. The van der Waals surface area contributed by atoms with Crippen molar-refractivity contribution >= 4 is 32.3 Å². The summed E-state index contributed by atoms with van der Waals surface area (Å²) in [5, 5.41) is 16.2. The number of nitrogens with one attached hydrogen (secondary N) is 2. The Balaban J connectivity index is 2.23. The molecular weight excluding hydrogens is 576 g/mol. The molecule has 14 heteroatoms. The number of nitro benzene ring substituents is 1. The average Bonchev–Trinajstić information content (AvgIpc) is 3.30. The van der Waals surface area contributed by atoms with Crippen molar-refractivity contribution < 1.29 is 37.9 Å². The molecule has 1 aliphatic rings. The topological polar surface area (TPSA) is 159 Å². The van der Waals surface area contributed by atoms with Crippen molar-refractivity contribution in [1.82, 2.24) is 15.5 Å². The van der Waals surface area contributed by atoms with E-state index in [0.717, 1.165) is 0 Å². The predicted octanol–water partition coefficient (Wildman–Crippen LogP) is 5.50. The highest BCUT2D eigenvalue weighted by atomic mass is 28.4. The second-order valence-corrected chi connectivity index (χ2v) is 17.7. The molecule has 1 aliphatic heterocycles. The van der Waals surface area contributed by atoms with E-state index in [1.54, 1.807) is 20.8 Å². The molecule has 240 valence electrons. The molecule has 3 atom stereocenters. The van der Waals surface area contributed by atoms with Crippen LogP contribution >= 0.6 is 0 Å². The highest BCUT2D eigenvalue weighted by molar-refractivity contribution is 6.74. The van der Waals surface area contributed by atoms with Crippen LogP contribution in [0.25, 0.3) is 0 Å². The zero-order chi connectivity index (χ0) is 32.6. The first-order chi connectivity index (χ1) is 19.8. The first-order valence-corrected chi connectivity index (χ1v) is 17.1. The monoisotopic (exact) mass is 622 g/mol. The van der Waals surface area contributed by atoms with Gasteiger partial charge >= 0.3 is 18.3 Å². The van der Waals surface area contributed by atoms with E-state index in [-0.39, 0.29) is 43.1 Å². The van der Waals surface area contributed by atoms with Crippen molar-refractivity contribution in [2.24, 2.45) is 0 Å². The fourth-order valence-corrected chi connectivity index (χ4v) is 5.49. The largest absolute Gasteiger partial charge is 0.445 e. The molecule has 1 fully saturated rings. The Hall–Kier alpha value is -3.65.